The van der Waals surface area contributed by atoms with Crippen LogP contribution in [0.5, 0.6) is 0 Å². The molecule has 0 aliphatic carbocycles. The van der Waals surface area contributed by atoms with Crippen molar-refractivity contribution in [1.82, 2.24) is 14.5 Å². The molecule has 3 heterocycles. The monoisotopic (exact) mass is 438 g/mol. The third-order valence-corrected chi connectivity index (χ3v) is 5.27. The van der Waals surface area contributed by atoms with E-state index in [0.29, 0.717) is 12.8 Å². The molecule has 1 N–H and O–H groups in total. The number of nitrogens with zero attached hydrogens (tertiary/aromatic N) is 4. The van der Waals surface area contributed by atoms with Gasteiger partial charge in [0.15, 0.2) is 0 Å². The van der Waals surface area contributed by atoms with Gasteiger partial charge in [-0.25, -0.2) is 4.98 Å². The van der Waals surface area contributed by atoms with Gasteiger partial charge in [0.05, 0.1) is 17.1 Å². The summed E-state index contributed by atoms with van der Waals surface area (Å²) < 4.78 is 3.07. The number of carboxylic acids is 1. The van der Waals surface area contributed by atoms with Crippen LogP contribution in [0.25, 0.3) is 5.69 Å². The third kappa shape index (κ3) is 3.49. The van der Waals surface area contributed by atoms with Crippen LogP contribution in [0.15, 0.2) is 58.3 Å². The van der Waals surface area contributed by atoms with Crippen LogP contribution in [0.3, 0.4) is 0 Å². The van der Waals surface area contributed by atoms with Gasteiger partial charge >= 0.3 is 5.97 Å². The molecule has 6 nitrogen and oxygen atoms in total. The van der Waals surface area contributed by atoms with Crippen molar-refractivity contribution >= 4 is 27.6 Å². The van der Waals surface area contributed by atoms with Gasteiger partial charge in [0.25, 0.3) is 0 Å². The van der Waals surface area contributed by atoms with Gasteiger partial charge in [0.2, 0.25) is 0 Å². The number of carboxylic acid groups (broad SMARTS) is 1. The molecule has 1 atom stereocenters. The summed E-state index contributed by atoms with van der Waals surface area (Å²) in [6, 6.07) is 11.6. The quantitative estimate of drug-likeness (QED) is 0.636. The Morgan fingerprint density at radius 2 is 2.11 bits per heavy atom. The Kier molecular flexibility index (Phi) is 5.09. The molecule has 0 saturated heterocycles. The molecule has 0 fully saturated rings. The summed E-state index contributed by atoms with van der Waals surface area (Å²) in [4.78, 5) is 25.2. The number of aliphatic imine (C=N–C) groups is 1. The number of carbonyl (C=O) groups is 1. The minimum absolute atomic E-state index is 0.114. The molecule has 0 bridgehead atoms. The van der Waals surface area contributed by atoms with E-state index in [1.807, 2.05) is 43.5 Å². The van der Waals surface area contributed by atoms with Gasteiger partial charge < -0.3 is 5.11 Å². The zero-order chi connectivity index (χ0) is 19.7. The largest absolute Gasteiger partial charge is 0.481 e. The molecule has 1 aromatic carbocycles. The molecule has 1 aliphatic rings. The number of benzene rings is 1. The lowest BCUT2D eigenvalue weighted by atomic mass is 10.0. The molecule has 0 amide bonds. The normalized spacial score (nSPS) is 15.4. The highest BCUT2D eigenvalue weighted by Crippen LogP contribution is 2.34. The lowest BCUT2D eigenvalue weighted by Gasteiger charge is -2.14. The minimum Gasteiger partial charge on any atom is -0.481 e. The molecule has 7 heteroatoms. The zero-order valence-corrected chi connectivity index (χ0v) is 16.9. The fraction of sp³-hybridized carbons (Fsp3) is 0.238. The molecule has 4 rings (SSSR count). The zero-order valence-electron chi connectivity index (χ0n) is 15.3. The van der Waals surface area contributed by atoms with Crippen molar-refractivity contribution in [3.05, 3.63) is 76.0 Å². The number of imidazole rings is 1. The average Bonchev–Trinajstić information content (AvgIpc) is 3.00. The first-order chi connectivity index (χ1) is 13.5. The number of fused-ring (bicyclic) bond motifs is 3. The Bertz CT molecular complexity index is 1060. The van der Waals surface area contributed by atoms with Crippen molar-refractivity contribution in [3.8, 4) is 5.69 Å². The molecule has 0 saturated carbocycles. The predicted molar refractivity (Wildman–Crippen MR) is 110 cm³/mol. The van der Waals surface area contributed by atoms with Crippen LogP contribution in [0.2, 0.25) is 0 Å². The SMILES string of the molecule is Cc1cnc2n1-c1ccc(Br)cc1C(c1ccccn1)=N[C@H]2CCCC(=O)O. The van der Waals surface area contributed by atoms with Gasteiger partial charge in [-0.15, -0.1) is 0 Å². The van der Waals surface area contributed by atoms with Crippen molar-refractivity contribution in [2.75, 3.05) is 0 Å². The van der Waals surface area contributed by atoms with E-state index < -0.39 is 5.97 Å². The summed E-state index contributed by atoms with van der Waals surface area (Å²) in [5.41, 5.74) is 4.56. The maximum Gasteiger partial charge on any atom is 0.303 e. The van der Waals surface area contributed by atoms with E-state index >= 15 is 0 Å². The van der Waals surface area contributed by atoms with Gasteiger partial charge in [0.1, 0.15) is 11.9 Å². The van der Waals surface area contributed by atoms with Gasteiger partial charge in [0, 0.05) is 34.5 Å². The molecule has 0 unspecified atom stereocenters. The lowest BCUT2D eigenvalue weighted by molar-refractivity contribution is -0.137. The van der Waals surface area contributed by atoms with Gasteiger partial charge in [-0.1, -0.05) is 22.0 Å². The predicted octanol–water partition coefficient (Wildman–Crippen LogP) is 4.49. The van der Waals surface area contributed by atoms with Crippen molar-refractivity contribution < 1.29 is 9.90 Å². The minimum atomic E-state index is -0.797. The van der Waals surface area contributed by atoms with Crippen LogP contribution in [0, 0.1) is 6.92 Å². The summed E-state index contributed by atoms with van der Waals surface area (Å²) >= 11 is 3.57. The molecule has 2 aromatic heterocycles. The van der Waals surface area contributed by atoms with Crippen LogP contribution >= 0.6 is 15.9 Å². The summed E-state index contributed by atoms with van der Waals surface area (Å²) in [5.74, 6) is 0.0340. The topological polar surface area (TPSA) is 80.4 Å². The van der Waals surface area contributed by atoms with E-state index in [2.05, 4.69) is 36.5 Å². The standard InChI is InChI=1S/C21H19BrN4O2/c1-13-12-24-21-17(6-4-7-19(27)28)25-20(16-5-2-3-10-23-16)15-11-14(22)8-9-18(15)26(13)21/h2-3,5,8-12,17H,4,6-7H2,1H3,(H,27,28)/t17-/m0/s1. The van der Waals surface area contributed by atoms with E-state index in [-0.39, 0.29) is 12.5 Å². The van der Waals surface area contributed by atoms with Gasteiger partial charge in [-0.3, -0.25) is 19.3 Å². The maximum atomic E-state index is 11.0. The fourth-order valence-corrected chi connectivity index (χ4v) is 3.89. The fourth-order valence-electron chi connectivity index (χ4n) is 3.53. The summed E-state index contributed by atoms with van der Waals surface area (Å²) in [6.07, 6.45) is 4.85. The first-order valence-electron chi connectivity index (χ1n) is 9.10. The average molecular weight is 439 g/mol. The highest BCUT2D eigenvalue weighted by atomic mass is 79.9. The number of halogens is 1. The second kappa shape index (κ2) is 7.67. The molecular formula is C21H19BrN4O2. The Labute approximate surface area is 171 Å². The van der Waals surface area contributed by atoms with Crippen molar-refractivity contribution in [3.63, 3.8) is 0 Å². The highest BCUT2D eigenvalue weighted by molar-refractivity contribution is 9.10. The van der Waals surface area contributed by atoms with Crippen molar-refractivity contribution in [2.45, 2.75) is 32.2 Å². The number of hydrogen-bond donors (Lipinski definition) is 1. The van der Waals surface area contributed by atoms with Crippen molar-refractivity contribution in [2.24, 2.45) is 4.99 Å². The molecule has 0 radical (unpaired) electrons. The van der Waals surface area contributed by atoms with Crippen LogP contribution in [-0.2, 0) is 4.79 Å². The number of hydrogen-bond acceptors (Lipinski definition) is 4. The molecule has 0 spiro atoms. The van der Waals surface area contributed by atoms with Crippen LogP contribution in [0.1, 0.15) is 48.1 Å². The Hall–Kier alpha value is -2.80. The van der Waals surface area contributed by atoms with Gasteiger partial charge in [-0.05, 0) is 50.1 Å². The number of rotatable bonds is 5. The first-order valence-corrected chi connectivity index (χ1v) is 9.89. The summed E-state index contributed by atoms with van der Waals surface area (Å²) in [6.45, 7) is 2.02. The van der Waals surface area contributed by atoms with Gasteiger partial charge in [-0.2, -0.15) is 0 Å². The second-order valence-corrected chi connectivity index (χ2v) is 7.66. The van der Waals surface area contributed by atoms with E-state index in [4.69, 9.17) is 10.1 Å². The van der Waals surface area contributed by atoms with Crippen LogP contribution in [0.4, 0.5) is 0 Å². The Morgan fingerprint density at radius 3 is 2.86 bits per heavy atom. The van der Waals surface area contributed by atoms with E-state index in [1.165, 1.54) is 0 Å². The third-order valence-electron chi connectivity index (χ3n) is 4.78. The molecule has 142 valence electrons. The second-order valence-electron chi connectivity index (χ2n) is 6.75. The Morgan fingerprint density at radius 1 is 1.25 bits per heavy atom. The number of aryl methyl sites for hydroxylation is 1. The van der Waals surface area contributed by atoms with Crippen LogP contribution in [-0.4, -0.2) is 31.3 Å². The Balaban J connectivity index is 1.90. The van der Waals surface area contributed by atoms with Crippen LogP contribution < -0.4 is 0 Å². The molecule has 28 heavy (non-hydrogen) atoms. The van der Waals surface area contributed by atoms with E-state index in [1.54, 1.807) is 6.20 Å². The first kappa shape index (κ1) is 18.6. The lowest BCUT2D eigenvalue weighted by Crippen LogP contribution is -2.09. The molecular weight excluding hydrogens is 420 g/mol. The number of aromatic nitrogens is 3. The molecule has 1 aliphatic heterocycles. The number of aliphatic carboxylic acids is 1. The highest BCUT2D eigenvalue weighted by Gasteiger charge is 2.27. The van der Waals surface area contributed by atoms with E-state index in [9.17, 15) is 4.79 Å². The number of pyridine rings is 1. The smallest absolute Gasteiger partial charge is 0.303 e. The summed E-state index contributed by atoms with van der Waals surface area (Å²) in [5, 5.41) is 9.03. The van der Waals surface area contributed by atoms with Crippen molar-refractivity contribution in [1.29, 1.82) is 0 Å². The van der Waals surface area contributed by atoms with E-state index in [0.717, 1.165) is 38.6 Å². The summed E-state index contributed by atoms with van der Waals surface area (Å²) in [7, 11) is 0. The maximum absolute atomic E-state index is 11.0. The molecule has 3 aromatic rings.